The summed E-state index contributed by atoms with van der Waals surface area (Å²) in [7, 11) is 0. The van der Waals surface area contributed by atoms with Crippen LogP contribution in [0.25, 0.3) is 5.69 Å². The van der Waals surface area contributed by atoms with Gasteiger partial charge in [0.2, 0.25) is 0 Å². The predicted octanol–water partition coefficient (Wildman–Crippen LogP) is 2.77. The van der Waals surface area contributed by atoms with Gasteiger partial charge in [-0.3, -0.25) is 0 Å². The highest BCUT2D eigenvalue weighted by molar-refractivity contribution is 5.37. The second kappa shape index (κ2) is 7.59. The Hall–Kier alpha value is -1.81. The molecule has 0 bridgehead atoms. The SMILES string of the molecule is NCCCCCCOc1ccc(-n2ccnc2)cc1. The molecular formula is C15H21N3O. The molecule has 4 heteroatoms. The Morgan fingerprint density at radius 1 is 1.05 bits per heavy atom. The molecule has 0 atom stereocenters. The number of unbranched alkanes of at least 4 members (excludes halogenated alkanes) is 3. The summed E-state index contributed by atoms with van der Waals surface area (Å²) in [5.41, 5.74) is 6.54. The average molecular weight is 259 g/mol. The van der Waals surface area contributed by atoms with E-state index < -0.39 is 0 Å². The largest absolute Gasteiger partial charge is 0.494 e. The van der Waals surface area contributed by atoms with E-state index in [4.69, 9.17) is 10.5 Å². The van der Waals surface area contributed by atoms with Crippen molar-refractivity contribution in [3.05, 3.63) is 43.0 Å². The van der Waals surface area contributed by atoms with E-state index in [0.717, 1.165) is 37.4 Å². The molecule has 0 saturated heterocycles. The molecule has 0 fully saturated rings. The van der Waals surface area contributed by atoms with Crippen LogP contribution in [0.15, 0.2) is 43.0 Å². The number of aromatic nitrogens is 2. The van der Waals surface area contributed by atoms with Gasteiger partial charge in [0.15, 0.2) is 0 Å². The van der Waals surface area contributed by atoms with Crippen LogP contribution in [0, 0.1) is 0 Å². The first kappa shape index (κ1) is 13.6. The zero-order valence-electron chi connectivity index (χ0n) is 11.2. The lowest BCUT2D eigenvalue weighted by molar-refractivity contribution is 0.305. The van der Waals surface area contributed by atoms with Crippen LogP contribution in [0.4, 0.5) is 0 Å². The normalized spacial score (nSPS) is 10.6. The molecule has 0 saturated carbocycles. The van der Waals surface area contributed by atoms with Crippen molar-refractivity contribution in [2.24, 2.45) is 5.73 Å². The molecule has 102 valence electrons. The molecule has 0 spiro atoms. The second-order valence-electron chi connectivity index (χ2n) is 4.52. The summed E-state index contributed by atoms with van der Waals surface area (Å²) < 4.78 is 7.67. The van der Waals surface area contributed by atoms with Gasteiger partial charge in [0.25, 0.3) is 0 Å². The third-order valence-corrected chi connectivity index (χ3v) is 3.01. The van der Waals surface area contributed by atoms with Gasteiger partial charge in [-0.1, -0.05) is 12.8 Å². The molecular weight excluding hydrogens is 238 g/mol. The molecule has 1 heterocycles. The minimum Gasteiger partial charge on any atom is -0.494 e. The lowest BCUT2D eigenvalue weighted by Gasteiger charge is -2.07. The summed E-state index contributed by atoms with van der Waals surface area (Å²) in [5.74, 6) is 0.919. The predicted molar refractivity (Wildman–Crippen MR) is 76.6 cm³/mol. The van der Waals surface area contributed by atoms with Crippen molar-refractivity contribution >= 4 is 0 Å². The molecule has 1 aromatic heterocycles. The van der Waals surface area contributed by atoms with Gasteiger partial charge >= 0.3 is 0 Å². The van der Waals surface area contributed by atoms with Crippen molar-refractivity contribution in [3.63, 3.8) is 0 Å². The topological polar surface area (TPSA) is 53.1 Å². The maximum absolute atomic E-state index is 5.70. The summed E-state index contributed by atoms with van der Waals surface area (Å²) in [6.45, 7) is 1.56. The minimum atomic E-state index is 0.773. The van der Waals surface area contributed by atoms with E-state index in [1.807, 2.05) is 35.0 Å². The fourth-order valence-corrected chi connectivity index (χ4v) is 1.92. The highest BCUT2D eigenvalue weighted by Crippen LogP contribution is 2.15. The number of hydrogen-bond donors (Lipinski definition) is 1. The Kier molecular flexibility index (Phi) is 5.44. The Balaban J connectivity index is 1.73. The molecule has 0 unspecified atom stereocenters. The number of ether oxygens (including phenoxy) is 1. The first-order valence-electron chi connectivity index (χ1n) is 6.81. The van der Waals surface area contributed by atoms with Crippen molar-refractivity contribution in [1.82, 2.24) is 9.55 Å². The fourth-order valence-electron chi connectivity index (χ4n) is 1.92. The van der Waals surface area contributed by atoms with Gasteiger partial charge in [-0.05, 0) is 43.7 Å². The average Bonchev–Trinajstić information content (AvgIpc) is 2.97. The molecule has 4 nitrogen and oxygen atoms in total. The van der Waals surface area contributed by atoms with Crippen LogP contribution in [0.2, 0.25) is 0 Å². The number of nitrogens with two attached hydrogens (primary N) is 1. The zero-order valence-corrected chi connectivity index (χ0v) is 11.2. The Morgan fingerprint density at radius 3 is 2.53 bits per heavy atom. The van der Waals surface area contributed by atoms with Gasteiger partial charge in [-0.25, -0.2) is 4.98 Å². The van der Waals surface area contributed by atoms with Crippen LogP contribution in [0.1, 0.15) is 25.7 Å². The molecule has 0 aliphatic carbocycles. The number of hydrogen-bond acceptors (Lipinski definition) is 3. The molecule has 0 aliphatic rings. The van der Waals surface area contributed by atoms with E-state index in [2.05, 4.69) is 4.98 Å². The summed E-state index contributed by atoms with van der Waals surface area (Å²) in [4.78, 5) is 4.03. The van der Waals surface area contributed by atoms with E-state index in [9.17, 15) is 0 Å². The standard InChI is InChI=1S/C15H21N3O/c16-9-3-1-2-4-12-19-15-7-5-14(6-8-15)18-11-10-17-13-18/h5-8,10-11,13H,1-4,9,12,16H2. The molecule has 19 heavy (non-hydrogen) atoms. The van der Waals surface area contributed by atoms with E-state index in [-0.39, 0.29) is 0 Å². The third-order valence-electron chi connectivity index (χ3n) is 3.01. The molecule has 2 rings (SSSR count). The number of rotatable bonds is 8. The van der Waals surface area contributed by atoms with E-state index in [1.54, 1.807) is 12.5 Å². The summed E-state index contributed by atoms with van der Waals surface area (Å²) in [5, 5.41) is 0. The minimum absolute atomic E-state index is 0.773. The van der Waals surface area contributed by atoms with Crippen molar-refractivity contribution in [2.75, 3.05) is 13.2 Å². The molecule has 0 amide bonds. The monoisotopic (exact) mass is 259 g/mol. The van der Waals surface area contributed by atoms with Crippen molar-refractivity contribution in [2.45, 2.75) is 25.7 Å². The maximum Gasteiger partial charge on any atom is 0.119 e. The molecule has 0 aliphatic heterocycles. The first-order valence-corrected chi connectivity index (χ1v) is 6.81. The zero-order chi connectivity index (χ0) is 13.3. The van der Waals surface area contributed by atoms with Crippen LogP contribution < -0.4 is 10.5 Å². The van der Waals surface area contributed by atoms with Crippen molar-refractivity contribution in [3.8, 4) is 11.4 Å². The van der Waals surface area contributed by atoms with Gasteiger partial charge in [-0.2, -0.15) is 0 Å². The second-order valence-corrected chi connectivity index (χ2v) is 4.52. The van der Waals surface area contributed by atoms with E-state index in [0.29, 0.717) is 0 Å². The fraction of sp³-hybridized carbons (Fsp3) is 0.400. The quantitative estimate of drug-likeness (QED) is 0.742. The van der Waals surface area contributed by atoms with Gasteiger partial charge in [0, 0.05) is 18.1 Å². The van der Waals surface area contributed by atoms with Gasteiger partial charge in [0.05, 0.1) is 12.9 Å². The Bertz CT molecular complexity index is 451. The lowest BCUT2D eigenvalue weighted by atomic mass is 10.2. The van der Waals surface area contributed by atoms with Crippen LogP contribution in [-0.4, -0.2) is 22.7 Å². The summed E-state index contributed by atoms with van der Waals surface area (Å²) in [6.07, 6.45) is 10.1. The van der Waals surface area contributed by atoms with Crippen LogP contribution in [0.3, 0.4) is 0 Å². The summed E-state index contributed by atoms with van der Waals surface area (Å²) >= 11 is 0. The number of imidazole rings is 1. The van der Waals surface area contributed by atoms with E-state index >= 15 is 0 Å². The van der Waals surface area contributed by atoms with E-state index in [1.165, 1.54) is 12.8 Å². The molecule has 0 radical (unpaired) electrons. The molecule has 2 N–H and O–H groups in total. The summed E-state index contributed by atoms with van der Waals surface area (Å²) in [6, 6.07) is 8.06. The Morgan fingerprint density at radius 2 is 1.84 bits per heavy atom. The van der Waals surface area contributed by atoms with Gasteiger partial charge in [0.1, 0.15) is 5.75 Å². The van der Waals surface area contributed by atoms with Crippen LogP contribution in [-0.2, 0) is 0 Å². The highest BCUT2D eigenvalue weighted by Gasteiger charge is 1.97. The molecule has 1 aromatic carbocycles. The smallest absolute Gasteiger partial charge is 0.119 e. The molecule has 2 aromatic rings. The van der Waals surface area contributed by atoms with Crippen LogP contribution >= 0.6 is 0 Å². The number of nitrogens with zero attached hydrogens (tertiary/aromatic N) is 2. The first-order chi connectivity index (χ1) is 9.40. The maximum atomic E-state index is 5.70. The van der Waals surface area contributed by atoms with Crippen molar-refractivity contribution < 1.29 is 4.74 Å². The van der Waals surface area contributed by atoms with Crippen molar-refractivity contribution in [1.29, 1.82) is 0 Å². The highest BCUT2D eigenvalue weighted by atomic mass is 16.5. The number of benzene rings is 1. The lowest BCUT2D eigenvalue weighted by Crippen LogP contribution is -2.00. The van der Waals surface area contributed by atoms with Crippen LogP contribution in [0.5, 0.6) is 5.75 Å². The van der Waals surface area contributed by atoms with Gasteiger partial charge in [-0.15, -0.1) is 0 Å². The third kappa shape index (κ3) is 4.41. The Labute approximate surface area is 114 Å². The van der Waals surface area contributed by atoms with Gasteiger partial charge < -0.3 is 15.0 Å².